The third kappa shape index (κ3) is 2.86. The summed E-state index contributed by atoms with van der Waals surface area (Å²) >= 11 is 3.24. The Labute approximate surface area is 125 Å². The molecule has 2 aromatic rings. The van der Waals surface area contributed by atoms with Gasteiger partial charge in [-0.1, -0.05) is 28.9 Å². The molecule has 0 amide bonds. The van der Waals surface area contributed by atoms with Gasteiger partial charge in [0.25, 0.3) is 0 Å². The molecule has 0 fully saturated rings. The number of ether oxygens (including phenoxy) is 1. The fraction of sp³-hybridized carbons (Fsp3) is 0.357. The van der Waals surface area contributed by atoms with Gasteiger partial charge in [0.05, 0.1) is 19.3 Å². The zero-order valence-corrected chi connectivity index (χ0v) is 13.0. The molecule has 0 aliphatic carbocycles. The predicted molar refractivity (Wildman–Crippen MR) is 79.2 cm³/mol. The van der Waals surface area contributed by atoms with Gasteiger partial charge in [-0.05, 0) is 18.6 Å². The summed E-state index contributed by atoms with van der Waals surface area (Å²) in [4.78, 5) is 0. The van der Waals surface area contributed by atoms with E-state index in [4.69, 9.17) is 10.5 Å². The van der Waals surface area contributed by atoms with Crippen LogP contribution in [0.15, 0.2) is 28.9 Å². The highest BCUT2D eigenvalue weighted by molar-refractivity contribution is 9.10. The summed E-state index contributed by atoms with van der Waals surface area (Å²) in [6, 6.07) is 4.23. The Kier molecular flexibility index (Phi) is 4.77. The van der Waals surface area contributed by atoms with E-state index in [0.717, 1.165) is 6.42 Å². The van der Waals surface area contributed by atoms with Crippen molar-refractivity contribution in [2.24, 2.45) is 5.73 Å². The smallest absolute Gasteiger partial charge is 0.161 e. The molecule has 1 atom stereocenters. The number of methoxy groups -OCH3 is 1. The van der Waals surface area contributed by atoms with Crippen LogP contribution in [0, 0.1) is 5.82 Å². The molecule has 0 spiro atoms. The van der Waals surface area contributed by atoms with Crippen LogP contribution in [0.3, 0.4) is 0 Å². The number of benzene rings is 1. The van der Waals surface area contributed by atoms with Crippen LogP contribution in [-0.4, -0.2) is 16.9 Å². The minimum absolute atomic E-state index is 0.349. The average Bonchev–Trinajstić information content (AvgIpc) is 2.81. The van der Waals surface area contributed by atoms with Crippen LogP contribution in [0.25, 0.3) is 0 Å². The molecule has 4 nitrogen and oxygen atoms in total. The lowest BCUT2D eigenvalue weighted by Gasteiger charge is -2.16. The molecule has 0 saturated carbocycles. The second-order valence-electron chi connectivity index (χ2n) is 4.46. The molecular formula is C14H17BrFN3O. The summed E-state index contributed by atoms with van der Waals surface area (Å²) in [6.45, 7) is 2.76. The maximum absolute atomic E-state index is 14.1. The summed E-state index contributed by atoms with van der Waals surface area (Å²) < 4.78 is 21.8. The SMILES string of the molecule is CCCn1ncc(OC)c1C(N)c1ccc(Br)cc1F. The minimum atomic E-state index is -0.618. The van der Waals surface area contributed by atoms with E-state index in [2.05, 4.69) is 21.0 Å². The third-order valence-electron chi connectivity index (χ3n) is 3.09. The first-order valence-electron chi connectivity index (χ1n) is 6.38. The standard InChI is InChI=1S/C14H17BrFN3O/c1-3-6-19-14(12(20-2)8-18-19)13(17)10-5-4-9(15)7-11(10)16/h4-5,7-8,13H,3,6,17H2,1-2H3. The van der Waals surface area contributed by atoms with Crippen LogP contribution in [0.4, 0.5) is 4.39 Å². The molecule has 1 heterocycles. The van der Waals surface area contributed by atoms with Gasteiger partial charge in [0.1, 0.15) is 11.5 Å². The van der Waals surface area contributed by atoms with Crippen molar-refractivity contribution in [1.82, 2.24) is 9.78 Å². The second-order valence-corrected chi connectivity index (χ2v) is 5.38. The summed E-state index contributed by atoms with van der Waals surface area (Å²) in [5.74, 6) is 0.228. The van der Waals surface area contributed by atoms with E-state index in [-0.39, 0.29) is 5.82 Å². The van der Waals surface area contributed by atoms with Crippen molar-refractivity contribution in [3.8, 4) is 5.75 Å². The maximum atomic E-state index is 14.1. The summed E-state index contributed by atoms with van der Waals surface area (Å²) in [5, 5.41) is 4.25. The zero-order valence-electron chi connectivity index (χ0n) is 11.4. The van der Waals surface area contributed by atoms with Crippen molar-refractivity contribution in [3.05, 3.63) is 45.9 Å². The molecule has 2 rings (SSSR count). The Balaban J connectivity index is 2.46. The topological polar surface area (TPSA) is 53.1 Å². The summed E-state index contributed by atoms with van der Waals surface area (Å²) in [7, 11) is 1.56. The monoisotopic (exact) mass is 341 g/mol. The Hall–Kier alpha value is -1.40. The molecule has 108 valence electrons. The fourth-order valence-electron chi connectivity index (χ4n) is 2.14. The highest BCUT2D eigenvalue weighted by Crippen LogP contribution is 2.30. The minimum Gasteiger partial charge on any atom is -0.493 e. The third-order valence-corrected chi connectivity index (χ3v) is 3.59. The van der Waals surface area contributed by atoms with Gasteiger partial charge < -0.3 is 10.5 Å². The highest BCUT2D eigenvalue weighted by Gasteiger charge is 2.22. The van der Waals surface area contributed by atoms with E-state index in [1.54, 1.807) is 30.1 Å². The molecule has 0 radical (unpaired) electrons. The molecule has 0 bridgehead atoms. The van der Waals surface area contributed by atoms with Gasteiger partial charge in [-0.3, -0.25) is 4.68 Å². The van der Waals surface area contributed by atoms with Crippen LogP contribution in [-0.2, 0) is 6.54 Å². The molecule has 0 aliphatic rings. The normalized spacial score (nSPS) is 12.4. The fourth-order valence-corrected chi connectivity index (χ4v) is 2.47. The van der Waals surface area contributed by atoms with Crippen LogP contribution >= 0.6 is 15.9 Å². The maximum Gasteiger partial charge on any atom is 0.161 e. The molecule has 0 aliphatic heterocycles. The lowest BCUT2D eigenvalue weighted by atomic mass is 10.0. The van der Waals surface area contributed by atoms with Crippen LogP contribution < -0.4 is 10.5 Å². The van der Waals surface area contributed by atoms with Crippen molar-refractivity contribution < 1.29 is 9.13 Å². The van der Waals surface area contributed by atoms with Gasteiger partial charge in [-0.15, -0.1) is 0 Å². The molecule has 1 unspecified atom stereocenters. The Bertz CT molecular complexity index is 600. The molecule has 0 saturated heterocycles. The molecule has 1 aromatic heterocycles. The number of rotatable bonds is 5. The van der Waals surface area contributed by atoms with Gasteiger partial charge in [0.2, 0.25) is 0 Å². The van der Waals surface area contributed by atoms with Crippen molar-refractivity contribution >= 4 is 15.9 Å². The van der Waals surface area contributed by atoms with E-state index in [1.807, 2.05) is 6.92 Å². The van der Waals surface area contributed by atoms with Gasteiger partial charge in [0.15, 0.2) is 5.75 Å². The summed E-state index contributed by atoms with van der Waals surface area (Å²) in [6.07, 6.45) is 2.52. The predicted octanol–water partition coefficient (Wildman–Crippen LogP) is 3.25. The van der Waals surface area contributed by atoms with Gasteiger partial charge in [-0.2, -0.15) is 5.10 Å². The molecular weight excluding hydrogens is 325 g/mol. The van der Waals surface area contributed by atoms with Crippen LogP contribution in [0.1, 0.15) is 30.6 Å². The number of hydrogen-bond donors (Lipinski definition) is 1. The van der Waals surface area contributed by atoms with Crippen molar-refractivity contribution in [3.63, 3.8) is 0 Å². The second kappa shape index (κ2) is 6.37. The average molecular weight is 342 g/mol. The van der Waals surface area contributed by atoms with Gasteiger partial charge >= 0.3 is 0 Å². The molecule has 2 N–H and O–H groups in total. The first kappa shape index (κ1) is 15.0. The summed E-state index contributed by atoms with van der Waals surface area (Å²) in [5.41, 5.74) is 7.33. The number of halogens is 2. The van der Waals surface area contributed by atoms with E-state index < -0.39 is 6.04 Å². The van der Waals surface area contributed by atoms with Gasteiger partial charge in [-0.25, -0.2) is 4.39 Å². The van der Waals surface area contributed by atoms with Crippen molar-refractivity contribution in [2.45, 2.75) is 25.9 Å². The molecule has 1 aromatic carbocycles. The number of hydrogen-bond acceptors (Lipinski definition) is 3. The molecule has 6 heteroatoms. The highest BCUT2D eigenvalue weighted by atomic mass is 79.9. The van der Waals surface area contributed by atoms with E-state index in [0.29, 0.717) is 28.0 Å². The number of aryl methyl sites for hydroxylation is 1. The number of aromatic nitrogens is 2. The zero-order chi connectivity index (χ0) is 14.7. The van der Waals surface area contributed by atoms with Crippen molar-refractivity contribution in [1.29, 1.82) is 0 Å². The van der Waals surface area contributed by atoms with Crippen LogP contribution in [0.2, 0.25) is 0 Å². The first-order chi connectivity index (χ1) is 9.58. The largest absolute Gasteiger partial charge is 0.493 e. The van der Waals surface area contributed by atoms with E-state index in [1.165, 1.54) is 6.07 Å². The number of nitrogens with two attached hydrogens (primary N) is 1. The first-order valence-corrected chi connectivity index (χ1v) is 7.18. The molecule has 20 heavy (non-hydrogen) atoms. The number of nitrogens with zero attached hydrogens (tertiary/aromatic N) is 2. The van der Waals surface area contributed by atoms with Crippen LogP contribution in [0.5, 0.6) is 5.75 Å². The van der Waals surface area contributed by atoms with Gasteiger partial charge in [0, 0.05) is 16.6 Å². The quantitative estimate of drug-likeness (QED) is 0.908. The Morgan fingerprint density at radius 1 is 1.50 bits per heavy atom. The Morgan fingerprint density at radius 2 is 2.25 bits per heavy atom. The lowest BCUT2D eigenvalue weighted by molar-refractivity contribution is 0.403. The van der Waals surface area contributed by atoms with E-state index in [9.17, 15) is 4.39 Å². The Morgan fingerprint density at radius 3 is 2.85 bits per heavy atom. The lowest BCUT2D eigenvalue weighted by Crippen LogP contribution is -2.19. The van der Waals surface area contributed by atoms with E-state index >= 15 is 0 Å². The van der Waals surface area contributed by atoms with Crippen molar-refractivity contribution in [2.75, 3.05) is 7.11 Å².